The molecule has 0 N–H and O–H groups in total. The molecule has 4 aliphatic carbocycles. The molecule has 4 rings (SSSR count). The lowest BCUT2D eigenvalue weighted by Gasteiger charge is -2.60. The van der Waals surface area contributed by atoms with E-state index in [1.165, 1.54) is 57.8 Å². The van der Waals surface area contributed by atoms with Crippen molar-refractivity contribution < 1.29 is 4.79 Å². The number of hydrogen-bond acceptors (Lipinski definition) is 1. The molecule has 4 saturated carbocycles. The fourth-order valence-electron chi connectivity index (χ4n) is 9.15. The number of allylic oxidation sites excluding steroid dienone is 2. The Morgan fingerprint density at radius 1 is 0.933 bits per heavy atom. The third-order valence-corrected chi connectivity index (χ3v) is 11.1. The predicted molar refractivity (Wildman–Crippen MR) is 127 cm³/mol. The normalized spacial score (nSPS) is 45.8. The van der Waals surface area contributed by atoms with E-state index in [0.717, 1.165) is 18.3 Å². The van der Waals surface area contributed by atoms with Crippen molar-refractivity contribution >= 4 is 5.78 Å². The average molecular weight is 413 g/mol. The highest BCUT2D eigenvalue weighted by Crippen LogP contribution is 2.67. The summed E-state index contributed by atoms with van der Waals surface area (Å²) >= 11 is 0. The smallest absolute Gasteiger partial charge is 0.136 e. The van der Waals surface area contributed by atoms with Crippen LogP contribution in [0.4, 0.5) is 0 Å². The molecule has 170 valence electrons. The highest BCUT2D eigenvalue weighted by molar-refractivity contribution is 5.83. The van der Waals surface area contributed by atoms with Gasteiger partial charge < -0.3 is 0 Å². The van der Waals surface area contributed by atoms with Gasteiger partial charge in [0.25, 0.3) is 0 Å². The van der Waals surface area contributed by atoms with E-state index in [4.69, 9.17) is 0 Å². The van der Waals surface area contributed by atoms with Crippen LogP contribution in [0.25, 0.3) is 0 Å². The first kappa shape index (κ1) is 22.6. The van der Waals surface area contributed by atoms with Crippen molar-refractivity contribution in [1.82, 2.24) is 0 Å². The predicted octanol–water partition coefficient (Wildman–Crippen LogP) is 8.09. The minimum Gasteiger partial charge on any atom is -0.299 e. The second kappa shape index (κ2) is 8.40. The van der Waals surface area contributed by atoms with Gasteiger partial charge in [0.05, 0.1) is 0 Å². The summed E-state index contributed by atoms with van der Waals surface area (Å²) in [5.74, 6) is 5.88. The van der Waals surface area contributed by atoms with Crippen LogP contribution in [-0.4, -0.2) is 5.78 Å². The van der Waals surface area contributed by atoms with Gasteiger partial charge in [-0.15, -0.1) is 0 Å². The van der Waals surface area contributed by atoms with Crippen LogP contribution in [0.1, 0.15) is 106 Å². The van der Waals surface area contributed by atoms with Crippen molar-refractivity contribution in [1.29, 1.82) is 0 Å². The highest BCUT2D eigenvalue weighted by atomic mass is 16.1. The molecule has 0 aromatic carbocycles. The molecule has 30 heavy (non-hydrogen) atoms. The molecule has 1 heteroatoms. The van der Waals surface area contributed by atoms with E-state index in [9.17, 15) is 4.79 Å². The van der Waals surface area contributed by atoms with Gasteiger partial charge in [0.1, 0.15) is 5.78 Å². The number of carbonyl (C=O) groups is 1. The van der Waals surface area contributed by atoms with Crippen molar-refractivity contribution in [3.8, 4) is 0 Å². The fraction of sp³-hybridized carbons (Fsp3) is 0.897. The van der Waals surface area contributed by atoms with Gasteiger partial charge in [-0.2, -0.15) is 0 Å². The molecule has 0 amide bonds. The molecule has 0 heterocycles. The first-order chi connectivity index (χ1) is 14.2. The van der Waals surface area contributed by atoms with Crippen molar-refractivity contribution in [2.24, 2.45) is 58.2 Å². The number of rotatable bonds is 5. The zero-order valence-corrected chi connectivity index (χ0v) is 20.8. The van der Waals surface area contributed by atoms with E-state index in [-0.39, 0.29) is 0 Å². The molecule has 1 nitrogen and oxygen atoms in total. The SMILES string of the molecule is CCC(/C=C/C(C)C1CCC2C3C(=O)C[C@H]4CCCCC4(C)C3CCC12C)C(C)C. The second-order valence-electron chi connectivity index (χ2n) is 12.6. The van der Waals surface area contributed by atoms with Crippen LogP contribution in [0.3, 0.4) is 0 Å². The van der Waals surface area contributed by atoms with Crippen LogP contribution in [0.2, 0.25) is 0 Å². The summed E-state index contributed by atoms with van der Waals surface area (Å²) in [6, 6.07) is 0. The maximum absolute atomic E-state index is 13.5. The first-order valence-electron chi connectivity index (χ1n) is 13.4. The lowest BCUT2D eigenvalue weighted by Crippen LogP contribution is -2.56. The van der Waals surface area contributed by atoms with Crippen molar-refractivity contribution in [2.45, 2.75) is 106 Å². The van der Waals surface area contributed by atoms with Crippen LogP contribution in [0.15, 0.2) is 12.2 Å². The Balaban J connectivity index is 1.54. The summed E-state index contributed by atoms with van der Waals surface area (Å²) in [6.07, 6.45) is 18.0. The molecule has 0 spiro atoms. The molecule has 8 unspecified atom stereocenters. The molecular formula is C29H48O. The summed E-state index contributed by atoms with van der Waals surface area (Å²) in [7, 11) is 0. The minimum absolute atomic E-state index is 0.373. The van der Waals surface area contributed by atoms with Crippen LogP contribution in [-0.2, 0) is 4.79 Å². The zero-order chi connectivity index (χ0) is 21.7. The van der Waals surface area contributed by atoms with E-state index >= 15 is 0 Å². The quantitative estimate of drug-likeness (QED) is 0.417. The summed E-state index contributed by atoms with van der Waals surface area (Å²) in [5.41, 5.74) is 0.825. The Kier molecular flexibility index (Phi) is 6.33. The molecule has 0 bridgehead atoms. The number of Topliss-reactive ketones (excluding diaryl/α,β-unsaturated/α-hetero) is 1. The number of ketones is 1. The Hall–Kier alpha value is -0.590. The van der Waals surface area contributed by atoms with Crippen LogP contribution < -0.4 is 0 Å². The van der Waals surface area contributed by atoms with Crippen molar-refractivity contribution in [2.75, 3.05) is 0 Å². The van der Waals surface area contributed by atoms with E-state index < -0.39 is 0 Å². The van der Waals surface area contributed by atoms with E-state index in [1.807, 2.05) is 0 Å². The third kappa shape index (κ3) is 3.55. The Bertz CT molecular complexity index is 661. The molecule has 0 aromatic rings. The fourth-order valence-corrected chi connectivity index (χ4v) is 9.15. The standard InChI is InChI=1S/C29H48O/c1-7-21(19(2)3)12-11-20(4)23-13-14-24-27-25(15-17-29(23,24)6)28(5)16-9-8-10-22(28)18-26(27)30/h11-12,19-25,27H,7-10,13-18H2,1-6H3/b12-11+/t20?,21?,22-,23?,24?,25?,27?,28?,29?/m1/s1. The van der Waals surface area contributed by atoms with Gasteiger partial charge in [-0.25, -0.2) is 0 Å². The lowest BCUT2D eigenvalue weighted by atomic mass is 9.44. The Morgan fingerprint density at radius 3 is 2.37 bits per heavy atom. The Labute approximate surface area is 186 Å². The first-order valence-corrected chi connectivity index (χ1v) is 13.4. The second-order valence-corrected chi connectivity index (χ2v) is 12.6. The summed E-state index contributed by atoms with van der Waals surface area (Å²) in [4.78, 5) is 13.5. The van der Waals surface area contributed by atoms with E-state index in [0.29, 0.717) is 52.1 Å². The minimum atomic E-state index is 0.373. The highest BCUT2D eigenvalue weighted by Gasteiger charge is 2.62. The molecule has 0 saturated heterocycles. The van der Waals surface area contributed by atoms with Crippen molar-refractivity contribution in [3.63, 3.8) is 0 Å². The molecule has 4 fully saturated rings. The maximum atomic E-state index is 13.5. The topological polar surface area (TPSA) is 17.1 Å². The molecule has 9 atom stereocenters. The maximum Gasteiger partial charge on any atom is 0.136 e. The summed E-state index contributed by atoms with van der Waals surface area (Å²) in [5, 5.41) is 0. The molecular weight excluding hydrogens is 364 g/mol. The Morgan fingerprint density at radius 2 is 1.67 bits per heavy atom. The van der Waals surface area contributed by atoms with Gasteiger partial charge in [0.15, 0.2) is 0 Å². The van der Waals surface area contributed by atoms with Crippen LogP contribution in [0.5, 0.6) is 0 Å². The number of fused-ring (bicyclic) bond motifs is 5. The average Bonchev–Trinajstić information content (AvgIpc) is 3.05. The lowest BCUT2D eigenvalue weighted by molar-refractivity contribution is -0.156. The summed E-state index contributed by atoms with van der Waals surface area (Å²) in [6.45, 7) is 14.7. The zero-order valence-electron chi connectivity index (χ0n) is 20.8. The number of hydrogen-bond donors (Lipinski definition) is 0. The monoisotopic (exact) mass is 412 g/mol. The van der Waals surface area contributed by atoms with Gasteiger partial charge in [0.2, 0.25) is 0 Å². The largest absolute Gasteiger partial charge is 0.299 e. The van der Waals surface area contributed by atoms with Gasteiger partial charge in [-0.1, -0.05) is 66.5 Å². The molecule has 0 aliphatic heterocycles. The number of carbonyl (C=O) groups excluding carboxylic acids is 1. The molecule has 0 radical (unpaired) electrons. The van der Waals surface area contributed by atoms with Gasteiger partial charge in [-0.05, 0) is 97.2 Å². The molecule has 4 aliphatic rings. The van der Waals surface area contributed by atoms with Crippen LogP contribution >= 0.6 is 0 Å². The van der Waals surface area contributed by atoms with Crippen molar-refractivity contribution in [3.05, 3.63) is 12.2 Å². The third-order valence-electron chi connectivity index (χ3n) is 11.1. The van der Waals surface area contributed by atoms with Gasteiger partial charge in [0, 0.05) is 12.3 Å². The van der Waals surface area contributed by atoms with E-state index in [1.54, 1.807) is 0 Å². The van der Waals surface area contributed by atoms with Gasteiger partial charge >= 0.3 is 0 Å². The van der Waals surface area contributed by atoms with Gasteiger partial charge in [-0.3, -0.25) is 4.79 Å². The van der Waals surface area contributed by atoms with E-state index in [2.05, 4.69) is 53.7 Å². The molecule has 0 aromatic heterocycles. The van der Waals surface area contributed by atoms with Crippen LogP contribution in [0, 0.1) is 58.2 Å². The summed E-state index contributed by atoms with van der Waals surface area (Å²) < 4.78 is 0.